The number of hydrogen-bond acceptors (Lipinski definition) is 4. The Morgan fingerprint density at radius 1 is 1.17 bits per heavy atom. The van der Waals surface area contributed by atoms with Crippen molar-refractivity contribution in [3.8, 4) is 0 Å². The number of amides is 2. The summed E-state index contributed by atoms with van der Waals surface area (Å²) in [4.78, 5) is 29.7. The Morgan fingerprint density at radius 3 is 2.53 bits per heavy atom. The van der Waals surface area contributed by atoms with Crippen LogP contribution in [0, 0.1) is 5.82 Å². The lowest BCUT2D eigenvalue weighted by molar-refractivity contribution is -0.111. The van der Waals surface area contributed by atoms with Crippen molar-refractivity contribution in [1.29, 1.82) is 0 Å². The molecule has 2 aromatic carbocycles. The zero-order valence-electron chi connectivity index (χ0n) is 17.1. The van der Waals surface area contributed by atoms with Gasteiger partial charge in [-0.1, -0.05) is 12.1 Å². The van der Waals surface area contributed by atoms with E-state index in [4.69, 9.17) is 9.57 Å². The SMILES string of the molecule is CON(C)C(=O)c1ccc(C2=C/C(=C3\C(=O)Nc4cc(F)ccc43)OC2(C)C)cc1. The van der Waals surface area contributed by atoms with Crippen molar-refractivity contribution in [3.05, 3.63) is 76.8 Å². The number of hydrogen-bond donors (Lipinski definition) is 1. The molecule has 0 saturated carbocycles. The van der Waals surface area contributed by atoms with E-state index < -0.39 is 11.4 Å². The number of ether oxygens (including phenoxy) is 1. The number of benzene rings is 2. The zero-order valence-corrected chi connectivity index (χ0v) is 17.1. The average molecular weight is 408 g/mol. The molecule has 2 aliphatic rings. The standard InChI is InChI=1S/C23H21FN2O4/c1-23(2)17(13-5-7-14(8-6-13)22(28)26(3)29-4)12-19(30-23)20-16-10-9-15(24)11-18(16)25-21(20)27/h5-12H,1-4H3,(H,25,27)/b20-19+. The lowest BCUT2D eigenvalue weighted by Crippen LogP contribution is -2.25. The molecule has 0 aliphatic carbocycles. The molecule has 0 bridgehead atoms. The van der Waals surface area contributed by atoms with Crippen LogP contribution in [0.3, 0.4) is 0 Å². The average Bonchev–Trinajstić information content (AvgIpc) is 3.20. The molecule has 0 atom stereocenters. The van der Waals surface area contributed by atoms with Gasteiger partial charge in [-0.2, -0.15) is 0 Å². The number of halogens is 1. The molecule has 0 aromatic heterocycles. The molecule has 2 aliphatic heterocycles. The first-order valence-electron chi connectivity index (χ1n) is 9.40. The Kier molecular flexibility index (Phi) is 4.70. The molecule has 0 radical (unpaired) electrons. The highest BCUT2D eigenvalue weighted by Gasteiger charge is 2.38. The third-order valence-electron chi connectivity index (χ3n) is 5.26. The van der Waals surface area contributed by atoms with Gasteiger partial charge in [-0.25, -0.2) is 9.45 Å². The van der Waals surface area contributed by atoms with E-state index in [1.54, 1.807) is 25.2 Å². The molecular weight excluding hydrogens is 387 g/mol. The summed E-state index contributed by atoms with van der Waals surface area (Å²) in [7, 11) is 2.97. The predicted octanol–water partition coefficient (Wildman–Crippen LogP) is 4.01. The predicted molar refractivity (Wildman–Crippen MR) is 111 cm³/mol. The minimum atomic E-state index is -0.694. The van der Waals surface area contributed by atoms with E-state index in [9.17, 15) is 14.0 Å². The second kappa shape index (κ2) is 7.11. The number of carbonyl (C=O) groups is 2. The summed E-state index contributed by atoms with van der Waals surface area (Å²) in [5, 5.41) is 3.83. The number of allylic oxidation sites excluding steroid dienone is 1. The van der Waals surface area contributed by atoms with E-state index in [-0.39, 0.29) is 11.8 Å². The van der Waals surface area contributed by atoms with Crippen molar-refractivity contribution in [2.75, 3.05) is 19.5 Å². The van der Waals surface area contributed by atoms with Crippen molar-refractivity contribution >= 4 is 28.6 Å². The zero-order chi connectivity index (χ0) is 21.6. The molecule has 6 nitrogen and oxygen atoms in total. The van der Waals surface area contributed by atoms with Gasteiger partial charge in [0.15, 0.2) is 0 Å². The van der Waals surface area contributed by atoms with Crippen LogP contribution >= 0.6 is 0 Å². The van der Waals surface area contributed by atoms with Gasteiger partial charge in [-0.05, 0) is 55.8 Å². The largest absolute Gasteiger partial charge is 0.482 e. The van der Waals surface area contributed by atoms with Gasteiger partial charge in [0.2, 0.25) is 0 Å². The maximum absolute atomic E-state index is 13.5. The third kappa shape index (κ3) is 3.27. The fourth-order valence-corrected chi connectivity index (χ4v) is 3.67. The first-order chi connectivity index (χ1) is 14.2. The number of rotatable bonds is 3. The lowest BCUT2D eigenvalue weighted by atomic mass is 9.91. The molecule has 4 rings (SSSR count). The molecule has 0 saturated heterocycles. The first kappa shape index (κ1) is 19.8. The van der Waals surface area contributed by atoms with Crippen molar-refractivity contribution in [2.45, 2.75) is 19.4 Å². The molecule has 154 valence electrons. The fraction of sp³-hybridized carbons (Fsp3) is 0.217. The quantitative estimate of drug-likeness (QED) is 0.615. The van der Waals surface area contributed by atoms with Gasteiger partial charge in [0.1, 0.15) is 17.2 Å². The summed E-state index contributed by atoms with van der Waals surface area (Å²) in [5.74, 6) is -0.577. The van der Waals surface area contributed by atoms with Gasteiger partial charge in [-0.3, -0.25) is 14.4 Å². The van der Waals surface area contributed by atoms with Crippen LogP contribution in [0.4, 0.5) is 10.1 Å². The van der Waals surface area contributed by atoms with Crippen LogP contribution in [0.25, 0.3) is 11.1 Å². The summed E-state index contributed by atoms with van der Waals surface area (Å²) < 4.78 is 19.6. The Labute approximate surface area is 173 Å². The van der Waals surface area contributed by atoms with Gasteiger partial charge in [0.25, 0.3) is 11.8 Å². The Bertz CT molecular complexity index is 1120. The summed E-state index contributed by atoms with van der Waals surface area (Å²) in [5.41, 5.74) is 2.94. The van der Waals surface area contributed by atoms with Crippen LogP contribution in [0.1, 0.15) is 35.3 Å². The van der Waals surface area contributed by atoms with Crippen LogP contribution in [0.15, 0.2) is 54.3 Å². The van der Waals surface area contributed by atoms with E-state index in [0.29, 0.717) is 28.1 Å². The molecule has 0 unspecified atom stereocenters. The monoisotopic (exact) mass is 408 g/mol. The Hall–Kier alpha value is -3.45. The van der Waals surface area contributed by atoms with Crippen molar-refractivity contribution in [3.63, 3.8) is 0 Å². The van der Waals surface area contributed by atoms with Gasteiger partial charge < -0.3 is 10.1 Å². The molecule has 30 heavy (non-hydrogen) atoms. The number of hydroxylamine groups is 2. The van der Waals surface area contributed by atoms with Crippen LogP contribution < -0.4 is 5.32 Å². The van der Waals surface area contributed by atoms with Crippen molar-refractivity contribution in [2.24, 2.45) is 0 Å². The van der Waals surface area contributed by atoms with E-state index >= 15 is 0 Å². The van der Waals surface area contributed by atoms with Crippen LogP contribution in [-0.4, -0.2) is 36.6 Å². The van der Waals surface area contributed by atoms with E-state index in [1.807, 2.05) is 32.1 Å². The summed E-state index contributed by atoms with van der Waals surface area (Å²) in [6.45, 7) is 3.81. The summed E-state index contributed by atoms with van der Waals surface area (Å²) in [6, 6.07) is 11.3. The van der Waals surface area contributed by atoms with E-state index in [1.165, 1.54) is 19.2 Å². The molecular formula is C23H21FN2O4. The number of carbonyl (C=O) groups excluding carboxylic acids is 2. The number of nitrogens with zero attached hydrogens (tertiary/aromatic N) is 1. The summed E-state index contributed by atoms with van der Waals surface area (Å²) >= 11 is 0. The van der Waals surface area contributed by atoms with Gasteiger partial charge in [0.05, 0.1) is 18.4 Å². The number of nitrogens with one attached hydrogen (secondary N) is 1. The minimum absolute atomic E-state index is 0.255. The van der Waals surface area contributed by atoms with Gasteiger partial charge in [-0.15, -0.1) is 0 Å². The molecule has 2 aromatic rings. The first-order valence-corrected chi connectivity index (χ1v) is 9.40. The van der Waals surface area contributed by atoms with Crippen molar-refractivity contribution in [1.82, 2.24) is 5.06 Å². The fourth-order valence-electron chi connectivity index (χ4n) is 3.67. The van der Waals surface area contributed by atoms with Crippen LogP contribution in [0.2, 0.25) is 0 Å². The van der Waals surface area contributed by atoms with Crippen molar-refractivity contribution < 1.29 is 23.6 Å². The highest BCUT2D eigenvalue weighted by Crippen LogP contribution is 2.44. The molecule has 0 spiro atoms. The second-order valence-electron chi connectivity index (χ2n) is 7.62. The van der Waals surface area contributed by atoms with Gasteiger partial charge >= 0.3 is 0 Å². The number of fused-ring (bicyclic) bond motifs is 1. The minimum Gasteiger partial charge on any atom is -0.482 e. The van der Waals surface area contributed by atoms with E-state index in [0.717, 1.165) is 16.2 Å². The van der Waals surface area contributed by atoms with Crippen LogP contribution in [-0.2, 0) is 14.4 Å². The second-order valence-corrected chi connectivity index (χ2v) is 7.62. The maximum Gasteiger partial charge on any atom is 0.277 e. The molecule has 1 N–H and O–H groups in total. The Morgan fingerprint density at radius 2 is 1.87 bits per heavy atom. The highest BCUT2D eigenvalue weighted by atomic mass is 19.1. The highest BCUT2D eigenvalue weighted by molar-refractivity contribution is 6.32. The molecule has 2 amide bonds. The molecule has 7 heteroatoms. The smallest absolute Gasteiger partial charge is 0.277 e. The maximum atomic E-state index is 13.5. The third-order valence-corrected chi connectivity index (χ3v) is 5.26. The molecule has 2 heterocycles. The lowest BCUT2D eigenvalue weighted by Gasteiger charge is -2.23. The summed E-state index contributed by atoms with van der Waals surface area (Å²) in [6.07, 6.45) is 1.82. The Balaban J connectivity index is 1.73. The van der Waals surface area contributed by atoms with Crippen LogP contribution in [0.5, 0.6) is 0 Å². The normalized spacial score (nSPS) is 19.1. The number of anilines is 1. The van der Waals surface area contributed by atoms with Gasteiger partial charge in [0, 0.05) is 23.7 Å². The molecule has 0 fully saturated rings. The van der Waals surface area contributed by atoms with E-state index in [2.05, 4.69) is 5.32 Å². The topological polar surface area (TPSA) is 67.9 Å².